The number of fused-ring (bicyclic) bond motifs is 1. The van der Waals surface area contributed by atoms with Gasteiger partial charge in [-0.05, 0) is 56.0 Å². The van der Waals surface area contributed by atoms with Crippen LogP contribution in [0, 0.1) is 17.3 Å². The van der Waals surface area contributed by atoms with Gasteiger partial charge in [-0.25, -0.2) is 4.79 Å². The Morgan fingerprint density at radius 3 is 2.33 bits per heavy atom. The van der Waals surface area contributed by atoms with Crippen molar-refractivity contribution in [2.45, 2.75) is 71.7 Å². The van der Waals surface area contributed by atoms with Crippen LogP contribution in [-0.4, -0.2) is 40.0 Å². The van der Waals surface area contributed by atoms with E-state index in [-0.39, 0.29) is 17.6 Å². The molecular weight excluding hydrogens is 384 g/mol. The van der Waals surface area contributed by atoms with Crippen LogP contribution in [0.25, 0.3) is 0 Å². The average Bonchev–Trinajstić information content (AvgIpc) is 2.89. The molecule has 2 N–H and O–H groups in total. The summed E-state index contributed by atoms with van der Waals surface area (Å²) >= 11 is 0. The number of phenolic OH excluding ortho intramolecular Hbond substituents is 1. The van der Waals surface area contributed by atoms with Gasteiger partial charge in [0.2, 0.25) is 0 Å². The summed E-state index contributed by atoms with van der Waals surface area (Å²) in [7, 11) is 0. The normalized spacial score (nSPS) is 33.4. The topological polar surface area (TPSA) is 93.1 Å². The molecule has 0 heterocycles. The number of hydrogen-bond acceptors (Lipinski definition) is 6. The number of hydrogen-bond donors (Lipinski definition) is 2. The summed E-state index contributed by atoms with van der Waals surface area (Å²) in [4.78, 5) is 24.7. The summed E-state index contributed by atoms with van der Waals surface area (Å²) in [6.07, 6.45) is 2.53. The first-order valence-corrected chi connectivity index (χ1v) is 10.5. The predicted molar refractivity (Wildman–Crippen MR) is 112 cm³/mol. The molecule has 6 nitrogen and oxygen atoms in total. The molecule has 5 unspecified atom stereocenters. The van der Waals surface area contributed by atoms with Crippen LogP contribution in [0.3, 0.4) is 0 Å². The number of carbonyl (C=O) groups excluding carboxylic acids is 2. The molecule has 1 aromatic rings. The van der Waals surface area contributed by atoms with Gasteiger partial charge in [-0.15, -0.1) is 0 Å². The molecule has 30 heavy (non-hydrogen) atoms. The molecule has 2 aliphatic rings. The Morgan fingerprint density at radius 2 is 1.77 bits per heavy atom. The first kappa shape index (κ1) is 22.3. The third-order valence-corrected chi connectivity index (χ3v) is 6.95. The Balaban J connectivity index is 2.01. The number of rotatable bonds is 4. The number of carbonyl (C=O) groups is 2. The van der Waals surface area contributed by atoms with Crippen LogP contribution in [-0.2, 0) is 14.3 Å². The summed E-state index contributed by atoms with van der Waals surface area (Å²) in [6, 6.07) is 5.91. The van der Waals surface area contributed by atoms with E-state index in [4.69, 9.17) is 9.47 Å². The Bertz CT molecular complexity index is 842. The monoisotopic (exact) mass is 416 g/mol. The third-order valence-electron chi connectivity index (χ3n) is 6.95. The lowest BCUT2D eigenvalue weighted by atomic mass is 9.66. The molecule has 0 saturated heterocycles. The molecule has 1 aromatic carbocycles. The summed E-state index contributed by atoms with van der Waals surface area (Å²) < 4.78 is 11.7. The molecule has 1 fully saturated rings. The van der Waals surface area contributed by atoms with Crippen LogP contribution in [0.1, 0.15) is 64.2 Å². The van der Waals surface area contributed by atoms with E-state index in [0.29, 0.717) is 24.8 Å². The second kappa shape index (κ2) is 8.06. The van der Waals surface area contributed by atoms with E-state index in [2.05, 4.69) is 0 Å². The minimum absolute atomic E-state index is 0.0596. The Hall–Kier alpha value is -2.34. The van der Waals surface area contributed by atoms with Crippen molar-refractivity contribution in [3.05, 3.63) is 41.5 Å². The SMILES string of the molecule is CC(=O)OC1C=C(C)CC(OC(=O)c2ccc(O)cc2)C2C1(C)CCC2(O)C(C)C. The van der Waals surface area contributed by atoms with Gasteiger partial charge in [0.1, 0.15) is 18.0 Å². The minimum atomic E-state index is -1.05. The fraction of sp³-hybridized carbons (Fsp3) is 0.583. The van der Waals surface area contributed by atoms with Crippen molar-refractivity contribution in [2.75, 3.05) is 0 Å². The number of esters is 2. The number of aliphatic hydroxyl groups is 1. The highest BCUT2D eigenvalue weighted by molar-refractivity contribution is 5.89. The molecule has 0 bridgehead atoms. The summed E-state index contributed by atoms with van der Waals surface area (Å²) in [5.74, 6) is -1.26. The number of benzene rings is 1. The molecule has 164 valence electrons. The van der Waals surface area contributed by atoms with Crippen LogP contribution < -0.4 is 0 Å². The largest absolute Gasteiger partial charge is 0.508 e. The van der Waals surface area contributed by atoms with E-state index in [9.17, 15) is 19.8 Å². The van der Waals surface area contributed by atoms with Crippen LogP contribution in [0.5, 0.6) is 5.75 Å². The van der Waals surface area contributed by atoms with Crippen LogP contribution in [0.2, 0.25) is 0 Å². The molecule has 1 saturated carbocycles. The lowest BCUT2D eigenvalue weighted by molar-refractivity contribution is -0.161. The van der Waals surface area contributed by atoms with Gasteiger partial charge >= 0.3 is 11.9 Å². The quantitative estimate of drug-likeness (QED) is 0.569. The highest BCUT2D eigenvalue weighted by atomic mass is 16.6. The molecule has 0 aliphatic heterocycles. The zero-order valence-corrected chi connectivity index (χ0v) is 18.3. The van der Waals surface area contributed by atoms with Crippen LogP contribution in [0.15, 0.2) is 35.9 Å². The lowest BCUT2D eigenvalue weighted by Gasteiger charge is -2.45. The standard InChI is InChI=1S/C24H32O6/c1-14(2)24(28)11-10-23(5)20(29-16(4)25)13-15(3)12-19(21(23)24)30-22(27)17-6-8-18(26)9-7-17/h6-9,13-14,19-21,26,28H,10-12H2,1-5H3. The maximum atomic E-state index is 12.9. The van der Waals surface area contributed by atoms with E-state index >= 15 is 0 Å². The Labute approximate surface area is 177 Å². The van der Waals surface area contributed by atoms with Gasteiger partial charge < -0.3 is 19.7 Å². The predicted octanol–water partition coefficient (Wildman–Crippen LogP) is 4.00. The van der Waals surface area contributed by atoms with Gasteiger partial charge in [0, 0.05) is 24.7 Å². The van der Waals surface area contributed by atoms with Gasteiger partial charge in [-0.2, -0.15) is 0 Å². The molecule has 6 heteroatoms. The fourth-order valence-electron chi connectivity index (χ4n) is 5.28. The smallest absolute Gasteiger partial charge is 0.338 e. The summed E-state index contributed by atoms with van der Waals surface area (Å²) in [5, 5.41) is 21.2. The first-order valence-electron chi connectivity index (χ1n) is 10.5. The zero-order chi connectivity index (χ0) is 22.3. The molecule has 0 spiro atoms. The van der Waals surface area contributed by atoms with Crippen molar-refractivity contribution in [1.82, 2.24) is 0 Å². The van der Waals surface area contributed by atoms with Gasteiger partial charge in [-0.3, -0.25) is 4.79 Å². The van der Waals surface area contributed by atoms with E-state index < -0.39 is 35.1 Å². The zero-order valence-electron chi connectivity index (χ0n) is 18.3. The van der Waals surface area contributed by atoms with Crippen LogP contribution >= 0.6 is 0 Å². The Kier molecular flexibility index (Phi) is 6.01. The molecule has 5 atom stereocenters. The first-order chi connectivity index (χ1) is 14.0. The van der Waals surface area contributed by atoms with Crippen molar-refractivity contribution in [3.8, 4) is 5.75 Å². The third kappa shape index (κ3) is 3.97. The highest BCUT2D eigenvalue weighted by Crippen LogP contribution is 2.58. The number of ether oxygens (including phenoxy) is 2. The average molecular weight is 417 g/mol. The van der Waals surface area contributed by atoms with Crippen molar-refractivity contribution in [3.63, 3.8) is 0 Å². The van der Waals surface area contributed by atoms with E-state index in [1.165, 1.54) is 31.2 Å². The van der Waals surface area contributed by atoms with Gasteiger partial charge in [-0.1, -0.05) is 26.3 Å². The molecule has 0 amide bonds. The summed E-state index contributed by atoms with van der Waals surface area (Å²) in [6.45, 7) is 9.27. The van der Waals surface area contributed by atoms with E-state index in [1.807, 2.05) is 33.8 Å². The second-order valence-corrected chi connectivity index (χ2v) is 9.37. The minimum Gasteiger partial charge on any atom is -0.508 e. The lowest BCUT2D eigenvalue weighted by Crippen LogP contribution is -2.53. The molecular formula is C24H32O6. The van der Waals surface area contributed by atoms with Gasteiger partial charge in [0.25, 0.3) is 0 Å². The maximum absolute atomic E-state index is 12.9. The molecule has 0 radical (unpaired) electrons. The summed E-state index contributed by atoms with van der Waals surface area (Å²) in [5.41, 5.74) is -0.331. The van der Waals surface area contributed by atoms with Crippen molar-refractivity contribution in [1.29, 1.82) is 0 Å². The second-order valence-electron chi connectivity index (χ2n) is 9.37. The molecule has 2 aliphatic carbocycles. The fourth-order valence-corrected chi connectivity index (χ4v) is 5.28. The number of aromatic hydroxyl groups is 1. The van der Waals surface area contributed by atoms with Gasteiger partial charge in [0.15, 0.2) is 0 Å². The van der Waals surface area contributed by atoms with Crippen LogP contribution in [0.4, 0.5) is 0 Å². The van der Waals surface area contributed by atoms with Crippen molar-refractivity contribution >= 4 is 11.9 Å². The number of phenols is 1. The Morgan fingerprint density at radius 1 is 1.13 bits per heavy atom. The molecule has 3 rings (SSSR count). The maximum Gasteiger partial charge on any atom is 0.338 e. The highest BCUT2D eigenvalue weighted by Gasteiger charge is 2.63. The van der Waals surface area contributed by atoms with Gasteiger partial charge in [0.05, 0.1) is 11.2 Å². The molecule has 0 aromatic heterocycles. The van der Waals surface area contributed by atoms with Crippen molar-refractivity contribution in [2.24, 2.45) is 17.3 Å². The van der Waals surface area contributed by atoms with E-state index in [0.717, 1.165) is 5.57 Å². The van der Waals surface area contributed by atoms with Crippen molar-refractivity contribution < 1.29 is 29.3 Å². The van der Waals surface area contributed by atoms with E-state index in [1.54, 1.807) is 0 Å².